The van der Waals surface area contributed by atoms with Gasteiger partial charge in [0.2, 0.25) is 0 Å². The molecule has 0 unspecified atom stereocenters. The molecule has 3 aliphatic rings. The Morgan fingerprint density at radius 2 is 1.88 bits per heavy atom. The highest BCUT2D eigenvalue weighted by molar-refractivity contribution is 6.30. The van der Waals surface area contributed by atoms with Gasteiger partial charge >= 0.3 is 6.09 Å². The molecule has 2 atom stereocenters. The van der Waals surface area contributed by atoms with Crippen LogP contribution in [0.3, 0.4) is 0 Å². The van der Waals surface area contributed by atoms with Crippen molar-refractivity contribution in [2.75, 3.05) is 24.6 Å². The number of carbonyl (C=O) groups is 3. The van der Waals surface area contributed by atoms with E-state index >= 15 is 0 Å². The van der Waals surface area contributed by atoms with E-state index in [2.05, 4.69) is 16.9 Å². The number of rotatable bonds is 7. The SMILES string of the molecule is C[C@@H]1CN(C(=O)OC(C)(C)C)CC[C@H]1n1ncc2c(-c3ccc4c(c3)OCC(=O)N4Cc3ncc(Cl)cn3)c(C(N)=O)c(CC3CC3)nc21. The zero-order valence-electron chi connectivity index (χ0n) is 28.0. The van der Waals surface area contributed by atoms with E-state index < -0.39 is 11.5 Å². The number of benzene rings is 1. The second-order valence-corrected chi connectivity index (χ2v) is 14.6. The first-order chi connectivity index (χ1) is 23.4. The number of likely N-dealkylation sites (tertiary alicyclic amines) is 1. The number of primary amides is 1. The van der Waals surface area contributed by atoms with E-state index in [0.717, 1.165) is 12.8 Å². The van der Waals surface area contributed by atoms with Crippen LogP contribution in [0, 0.1) is 11.8 Å². The van der Waals surface area contributed by atoms with Crippen LogP contribution in [0.15, 0.2) is 36.8 Å². The maximum absolute atomic E-state index is 13.2. The molecular weight excluding hydrogens is 648 g/mol. The van der Waals surface area contributed by atoms with Crippen LogP contribution in [0.25, 0.3) is 22.2 Å². The van der Waals surface area contributed by atoms with Crippen LogP contribution in [0.1, 0.15) is 74.9 Å². The summed E-state index contributed by atoms with van der Waals surface area (Å²) in [5.74, 6) is 0.604. The largest absolute Gasteiger partial charge is 0.482 e. The maximum atomic E-state index is 13.2. The summed E-state index contributed by atoms with van der Waals surface area (Å²) in [6, 6.07) is 5.46. The van der Waals surface area contributed by atoms with Crippen molar-refractivity contribution in [1.29, 1.82) is 0 Å². The zero-order valence-corrected chi connectivity index (χ0v) is 28.7. The number of fused-ring (bicyclic) bond motifs is 2. The van der Waals surface area contributed by atoms with Gasteiger partial charge in [-0.3, -0.25) is 14.5 Å². The summed E-state index contributed by atoms with van der Waals surface area (Å²) >= 11 is 5.96. The molecule has 1 saturated carbocycles. The first kappa shape index (κ1) is 32.8. The van der Waals surface area contributed by atoms with Crippen molar-refractivity contribution < 1.29 is 23.9 Å². The quantitative estimate of drug-likeness (QED) is 0.271. The monoisotopic (exact) mass is 686 g/mol. The lowest BCUT2D eigenvalue weighted by Gasteiger charge is -2.37. The highest BCUT2D eigenvalue weighted by atomic mass is 35.5. The predicted octanol–water partition coefficient (Wildman–Crippen LogP) is 5.34. The summed E-state index contributed by atoms with van der Waals surface area (Å²) in [5.41, 5.74) is 9.10. The number of nitrogens with zero attached hydrogens (tertiary/aromatic N) is 7. The van der Waals surface area contributed by atoms with E-state index in [9.17, 15) is 14.4 Å². The first-order valence-corrected chi connectivity index (χ1v) is 17.0. The molecule has 49 heavy (non-hydrogen) atoms. The van der Waals surface area contributed by atoms with Gasteiger partial charge in [0, 0.05) is 36.4 Å². The summed E-state index contributed by atoms with van der Waals surface area (Å²) < 4.78 is 13.5. The predicted molar refractivity (Wildman–Crippen MR) is 182 cm³/mol. The Labute approximate surface area is 288 Å². The van der Waals surface area contributed by atoms with E-state index in [0.29, 0.717) is 87.6 Å². The van der Waals surface area contributed by atoms with Crippen LogP contribution in [0.4, 0.5) is 10.5 Å². The minimum absolute atomic E-state index is 0.0359. The van der Waals surface area contributed by atoms with Gasteiger partial charge in [0.05, 0.1) is 40.8 Å². The second-order valence-electron chi connectivity index (χ2n) is 14.2. The Morgan fingerprint density at radius 3 is 2.55 bits per heavy atom. The molecule has 2 fully saturated rings. The van der Waals surface area contributed by atoms with Crippen LogP contribution in [-0.2, 0) is 22.5 Å². The van der Waals surface area contributed by atoms with Crippen molar-refractivity contribution in [3.63, 3.8) is 0 Å². The topological polar surface area (TPSA) is 159 Å². The van der Waals surface area contributed by atoms with Gasteiger partial charge in [0.25, 0.3) is 11.8 Å². The number of anilines is 1. The van der Waals surface area contributed by atoms with Gasteiger partial charge in [-0.05, 0) is 76.0 Å². The molecule has 7 rings (SSSR count). The lowest BCUT2D eigenvalue weighted by atomic mass is 9.92. The van der Waals surface area contributed by atoms with Crippen molar-refractivity contribution in [2.24, 2.45) is 17.6 Å². The first-order valence-electron chi connectivity index (χ1n) is 16.6. The van der Waals surface area contributed by atoms with Crippen molar-refractivity contribution in [1.82, 2.24) is 29.6 Å². The highest BCUT2D eigenvalue weighted by Crippen LogP contribution is 2.43. The summed E-state index contributed by atoms with van der Waals surface area (Å²) in [7, 11) is 0. The van der Waals surface area contributed by atoms with Crippen LogP contribution < -0.4 is 15.4 Å². The normalized spacial score (nSPS) is 19.5. The van der Waals surface area contributed by atoms with E-state index in [-0.39, 0.29) is 37.1 Å². The van der Waals surface area contributed by atoms with Gasteiger partial charge in [-0.1, -0.05) is 24.6 Å². The third-order valence-electron chi connectivity index (χ3n) is 9.23. The van der Waals surface area contributed by atoms with Crippen LogP contribution in [0.2, 0.25) is 5.02 Å². The molecule has 1 saturated heterocycles. The van der Waals surface area contributed by atoms with Crippen LogP contribution in [0.5, 0.6) is 5.75 Å². The minimum Gasteiger partial charge on any atom is -0.482 e. The third-order valence-corrected chi connectivity index (χ3v) is 9.43. The van der Waals surface area contributed by atoms with Crippen molar-refractivity contribution in [3.8, 4) is 16.9 Å². The number of carbonyl (C=O) groups excluding carboxylic acids is 3. The van der Waals surface area contributed by atoms with E-state index in [1.165, 1.54) is 12.4 Å². The molecule has 256 valence electrons. The summed E-state index contributed by atoms with van der Waals surface area (Å²) in [5, 5.41) is 5.94. The van der Waals surface area contributed by atoms with Gasteiger partial charge in [-0.15, -0.1) is 0 Å². The number of ether oxygens (including phenoxy) is 2. The Morgan fingerprint density at radius 1 is 1.12 bits per heavy atom. The number of hydrogen-bond acceptors (Lipinski definition) is 9. The smallest absolute Gasteiger partial charge is 0.410 e. The molecule has 3 aromatic heterocycles. The van der Waals surface area contributed by atoms with Crippen LogP contribution >= 0.6 is 11.6 Å². The molecular formula is C35H39ClN8O5. The fraction of sp³-hybridized carbons (Fsp3) is 0.457. The lowest BCUT2D eigenvalue weighted by Crippen LogP contribution is -2.45. The molecule has 5 heterocycles. The number of halogens is 1. The van der Waals surface area contributed by atoms with E-state index in [1.54, 1.807) is 22.1 Å². The molecule has 0 radical (unpaired) electrons. The van der Waals surface area contributed by atoms with Crippen molar-refractivity contribution in [2.45, 2.75) is 71.6 Å². The molecule has 13 nitrogen and oxygen atoms in total. The van der Waals surface area contributed by atoms with Gasteiger partial charge in [-0.2, -0.15) is 5.10 Å². The lowest BCUT2D eigenvalue weighted by molar-refractivity contribution is -0.121. The molecule has 1 aliphatic carbocycles. The Bertz CT molecular complexity index is 1950. The molecule has 2 aliphatic heterocycles. The standard InChI is InChI=1S/C35H39ClN8O5/c1-19-16-42(34(47)49-35(2,3)4)10-9-25(19)44-33-23(15-40-44)30(31(32(37)46)24(41-33)11-20-5-6-20)21-7-8-26-27(12-21)48-18-29(45)43(26)17-28-38-13-22(36)14-39-28/h7-8,12-15,19-20,25H,5-6,9-11,16-18H2,1-4H3,(H2,37,46)/t19-,25-/m1/s1. The fourth-order valence-electron chi connectivity index (χ4n) is 6.74. The number of amides is 3. The summed E-state index contributed by atoms with van der Waals surface area (Å²) in [6.45, 7) is 8.69. The molecule has 1 aromatic carbocycles. The average Bonchev–Trinajstić information content (AvgIpc) is 3.77. The van der Waals surface area contributed by atoms with Crippen molar-refractivity contribution in [3.05, 3.63) is 58.9 Å². The minimum atomic E-state index is -0.577. The molecule has 2 N–H and O–H groups in total. The van der Waals surface area contributed by atoms with Gasteiger partial charge < -0.3 is 20.1 Å². The van der Waals surface area contributed by atoms with Gasteiger partial charge in [0.1, 0.15) is 17.2 Å². The number of nitrogens with two attached hydrogens (primary N) is 1. The van der Waals surface area contributed by atoms with E-state index in [4.69, 9.17) is 36.9 Å². The number of pyridine rings is 1. The Kier molecular flexibility index (Phi) is 8.42. The molecule has 14 heteroatoms. The number of piperidine rings is 1. The number of hydrogen-bond donors (Lipinski definition) is 1. The Balaban J connectivity index is 1.28. The highest BCUT2D eigenvalue weighted by Gasteiger charge is 2.36. The average molecular weight is 687 g/mol. The summed E-state index contributed by atoms with van der Waals surface area (Å²) in [4.78, 5) is 56.0. The molecule has 4 aromatic rings. The van der Waals surface area contributed by atoms with Crippen molar-refractivity contribution >= 4 is 46.2 Å². The maximum Gasteiger partial charge on any atom is 0.410 e. The fourth-order valence-corrected chi connectivity index (χ4v) is 6.84. The second kappa shape index (κ2) is 12.6. The Hall–Kier alpha value is -4.78. The third kappa shape index (κ3) is 6.63. The van der Waals surface area contributed by atoms with Gasteiger partial charge in [0.15, 0.2) is 12.3 Å². The summed E-state index contributed by atoms with van der Waals surface area (Å²) in [6.07, 6.45) is 7.83. The molecule has 0 bridgehead atoms. The zero-order chi connectivity index (χ0) is 34.6. The molecule has 3 amide bonds. The molecule has 0 spiro atoms. The number of aromatic nitrogens is 5. The van der Waals surface area contributed by atoms with E-state index in [1.807, 2.05) is 37.6 Å². The van der Waals surface area contributed by atoms with Crippen LogP contribution in [-0.4, -0.2) is 72.8 Å². The van der Waals surface area contributed by atoms with Gasteiger partial charge in [-0.25, -0.2) is 24.4 Å².